The van der Waals surface area contributed by atoms with E-state index in [2.05, 4.69) is 15.0 Å². The Bertz CT molecular complexity index is 779. The highest BCUT2D eigenvalue weighted by atomic mass is 19.4. The van der Waals surface area contributed by atoms with Crippen molar-refractivity contribution in [1.82, 2.24) is 0 Å². The molecule has 9 heteroatoms. The quantitative estimate of drug-likeness (QED) is 0.462. The van der Waals surface area contributed by atoms with Gasteiger partial charge in [-0.05, 0) is 36.2 Å². The van der Waals surface area contributed by atoms with Crippen LogP contribution >= 0.6 is 0 Å². The molecule has 2 rings (SSSR count). The molecule has 0 bridgehead atoms. The van der Waals surface area contributed by atoms with Crippen LogP contribution in [0.15, 0.2) is 47.5 Å². The molecular weight excluding hydrogens is 354 g/mol. The summed E-state index contributed by atoms with van der Waals surface area (Å²) >= 11 is 0. The standard InChI is InChI=1S/C17H17F4N3O2/c1-25-15-10-11(6-7-12(15)18)8-9-23-16(22)24-13-4-2-3-5-14(13)26-17(19,20)21/h2-7,10H,8-9H2,1H3,(H3,22,23,24). The molecule has 2 aromatic rings. The SMILES string of the molecule is COc1cc(CCN=C(N)Nc2ccccc2OC(F)(F)F)ccc1F. The molecule has 0 saturated carbocycles. The van der Waals surface area contributed by atoms with Crippen molar-refractivity contribution in [3.8, 4) is 11.5 Å². The fourth-order valence-corrected chi connectivity index (χ4v) is 2.13. The first kappa shape index (κ1) is 19.4. The predicted octanol–water partition coefficient (Wildman–Crippen LogP) is 3.70. The number of nitrogens with zero attached hydrogens (tertiary/aromatic N) is 1. The van der Waals surface area contributed by atoms with Crippen LogP contribution in [0.1, 0.15) is 5.56 Å². The summed E-state index contributed by atoms with van der Waals surface area (Å²) < 4.78 is 59.3. The zero-order chi connectivity index (χ0) is 19.2. The third kappa shape index (κ3) is 5.83. The topological polar surface area (TPSA) is 68.9 Å². The highest BCUT2D eigenvalue weighted by Gasteiger charge is 2.32. The molecule has 0 atom stereocenters. The van der Waals surface area contributed by atoms with E-state index in [9.17, 15) is 17.6 Å². The number of ether oxygens (including phenoxy) is 2. The van der Waals surface area contributed by atoms with Crippen LogP contribution in [0.25, 0.3) is 0 Å². The monoisotopic (exact) mass is 371 g/mol. The van der Waals surface area contributed by atoms with Crippen molar-refractivity contribution in [3.05, 3.63) is 53.8 Å². The number of hydrogen-bond acceptors (Lipinski definition) is 3. The Balaban J connectivity index is 1.99. The van der Waals surface area contributed by atoms with Crippen LogP contribution in [0.5, 0.6) is 11.5 Å². The molecule has 26 heavy (non-hydrogen) atoms. The molecule has 0 aliphatic rings. The van der Waals surface area contributed by atoms with Crippen molar-refractivity contribution in [3.63, 3.8) is 0 Å². The number of anilines is 1. The van der Waals surface area contributed by atoms with Gasteiger partial charge in [0.1, 0.15) is 0 Å². The fraction of sp³-hybridized carbons (Fsp3) is 0.235. The number of aliphatic imine (C=N–C) groups is 1. The van der Waals surface area contributed by atoms with Crippen molar-refractivity contribution in [2.45, 2.75) is 12.8 Å². The van der Waals surface area contributed by atoms with E-state index in [4.69, 9.17) is 10.5 Å². The molecule has 0 radical (unpaired) electrons. The number of halogens is 4. The molecule has 0 aliphatic carbocycles. The number of guanidine groups is 1. The third-order valence-corrected chi connectivity index (χ3v) is 3.27. The van der Waals surface area contributed by atoms with E-state index >= 15 is 0 Å². The fourth-order valence-electron chi connectivity index (χ4n) is 2.13. The van der Waals surface area contributed by atoms with E-state index in [-0.39, 0.29) is 23.9 Å². The Kier molecular flexibility index (Phi) is 6.26. The van der Waals surface area contributed by atoms with Gasteiger partial charge < -0.3 is 20.5 Å². The van der Waals surface area contributed by atoms with Crippen LogP contribution in [0.4, 0.5) is 23.2 Å². The smallest absolute Gasteiger partial charge is 0.494 e. The number of para-hydroxylation sites is 2. The maximum Gasteiger partial charge on any atom is 0.573 e. The van der Waals surface area contributed by atoms with Crippen LogP contribution in [-0.2, 0) is 6.42 Å². The number of methoxy groups -OCH3 is 1. The van der Waals surface area contributed by atoms with E-state index in [1.807, 2.05) is 0 Å². The summed E-state index contributed by atoms with van der Waals surface area (Å²) in [5.41, 5.74) is 6.52. The average molecular weight is 371 g/mol. The van der Waals surface area contributed by atoms with Crippen LogP contribution < -0.4 is 20.5 Å². The molecule has 0 spiro atoms. The zero-order valence-electron chi connectivity index (χ0n) is 13.8. The summed E-state index contributed by atoms with van der Waals surface area (Å²) in [5.74, 6) is -0.836. The van der Waals surface area contributed by atoms with Gasteiger partial charge in [0.05, 0.1) is 12.8 Å². The Morgan fingerprint density at radius 2 is 1.88 bits per heavy atom. The third-order valence-electron chi connectivity index (χ3n) is 3.27. The summed E-state index contributed by atoms with van der Waals surface area (Å²) in [7, 11) is 1.36. The molecule has 0 saturated heterocycles. The van der Waals surface area contributed by atoms with Gasteiger partial charge in [0.2, 0.25) is 0 Å². The van der Waals surface area contributed by atoms with Crippen LogP contribution in [-0.4, -0.2) is 26.0 Å². The van der Waals surface area contributed by atoms with E-state index in [1.165, 1.54) is 31.4 Å². The van der Waals surface area contributed by atoms with Crippen LogP contribution in [0.2, 0.25) is 0 Å². The lowest BCUT2D eigenvalue weighted by atomic mass is 10.1. The predicted molar refractivity (Wildman–Crippen MR) is 89.9 cm³/mol. The maximum atomic E-state index is 13.3. The van der Waals surface area contributed by atoms with E-state index in [1.54, 1.807) is 12.1 Å². The maximum absolute atomic E-state index is 13.3. The number of nitrogens with two attached hydrogens (primary N) is 1. The molecule has 0 fully saturated rings. The van der Waals surface area contributed by atoms with Gasteiger partial charge in [-0.15, -0.1) is 13.2 Å². The lowest BCUT2D eigenvalue weighted by molar-refractivity contribution is -0.274. The molecule has 0 heterocycles. The van der Waals surface area contributed by atoms with Crippen LogP contribution in [0, 0.1) is 5.82 Å². The number of benzene rings is 2. The Morgan fingerprint density at radius 1 is 1.15 bits per heavy atom. The minimum atomic E-state index is -4.81. The molecule has 3 N–H and O–H groups in total. The minimum absolute atomic E-state index is 0.0366. The van der Waals surface area contributed by atoms with Crippen molar-refractivity contribution < 1.29 is 27.0 Å². The van der Waals surface area contributed by atoms with Gasteiger partial charge in [0, 0.05) is 6.54 Å². The molecule has 2 aromatic carbocycles. The molecule has 0 amide bonds. The van der Waals surface area contributed by atoms with Gasteiger partial charge in [-0.3, -0.25) is 4.99 Å². The second-order valence-corrected chi connectivity index (χ2v) is 5.15. The van der Waals surface area contributed by atoms with Gasteiger partial charge >= 0.3 is 6.36 Å². The normalized spacial score (nSPS) is 12.0. The molecular formula is C17H17F4N3O2. The molecule has 0 aliphatic heterocycles. The van der Waals surface area contributed by atoms with Crippen molar-refractivity contribution in [2.75, 3.05) is 19.0 Å². The lowest BCUT2D eigenvalue weighted by Crippen LogP contribution is -2.24. The highest BCUT2D eigenvalue weighted by molar-refractivity contribution is 5.93. The van der Waals surface area contributed by atoms with E-state index in [0.717, 1.165) is 11.6 Å². The second kappa shape index (κ2) is 8.41. The Morgan fingerprint density at radius 3 is 2.58 bits per heavy atom. The highest BCUT2D eigenvalue weighted by Crippen LogP contribution is 2.29. The Hall–Kier alpha value is -2.97. The summed E-state index contributed by atoms with van der Waals surface area (Å²) in [5, 5.41) is 2.57. The van der Waals surface area contributed by atoms with Gasteiger partial charge in [-0.25, -0.2) is 4.39 Å². The van der Waals surface area contributed by atoms with Crippen LogP contribution in [0.3, 0.4) is 0 Å². The number of rotatable bonds is 6. The molecule has 0 unspecified atom stereocenters. The first-order valence-corrected chi connectivity index (χ1v) is 7.52. The summed E-state index contributed by atoms with van der Waals surface area (Å²) in [6, 6.07) is 9.89. The number of hydrogen-bond donors (Lipinski definition) is 2. The first-order chi connectivity index (χ1) is 12.3. The summed E-state index contributed by atoms with van der Waals surface area (Å²) in [6.45, 7) is 0.246. The van der Waals surface area contributed by atoms with Gasteiger partial charge in [-0.1, -0.05) is 18.2 Å². The second-order valence-electron chi connectivity index (χ2n) is 5.15. The molecule has 5 nitrogen and oxygen atoms in total. The lowest BCUT2D eigenvalue weighted by Gasteiger charge is -2.14. The van der Waals surface area contributed by atoms with Gasteiger partial charge in [-0.2, -0.15) is 0 Å². The van der Waals surface area contributed by atoms with Crippen molar-refractivity contribution in [2.24, 2.45) is 10.7 Å². The van der Waals surface area contributed by atoms with Crippen molar-refractivity contribution in [1.29, 1.82) is 0 Å². The summed E-state index contributed by atoms with van der Waals surface area (Å²) in [4.78, 5) is 4.04. The average Bonchev–Trinajstić information content (AvgIpc) is 2.57. The first-order valence-electron chi connectivity index (χ1n) is 7.52. The largest absolute Gasteiger partial charge is 0.573 e. The number of alkyl halides is 3. The summed E-state index contributed by atoms with van der Waals surface area (Å²) in [6.07, 6.45) is -4.37. The molecule has 0 aromatic heterocycles. The van der Waals surface area contributed by atoms with E-state index < -0.39 is 17.9 Å². The van der Waals surface area contributed by atoms with Crippen molar-refractivity contribution >= 4 is 11.6 Å². The minimum Gasteiger partial charge on any atom is -0.494 e. The van der Waals surface area contributed by atoms with Gasteiger partial charge in [0.15, 0.2) is 23.3 Å². The Labute approximate surface area is 147 Å². The van der Waals surface area contributed by atoms with E-state index in [0.29, 0.717) is 6.42 Å². The molecule has 140 valence electrons. The number of nitrogens with one attached hydrogen (secondary N) is 1. The van der Waals surface area contributed by atoms with Gasteiger partial charge in [0.25, 0.3) is 0 Å². The zero-order valence-corrected chi connectivity index (χ0v) is 13.8.